The molecule has 2 rings (SSSR count). The molecule has 1 atom stereocenters. The van der Waals surface area contributed by atoms with Crippen LogP contribution in [0.2, 0.25) is 0 Å². The minimum absolute atomic E-state index is 0.0376. The van der Waals surface area contributed by atoms with E-state index < -0.39 is 0 Å². The number of phenolic OH excluding ortho intramolecular Hbond substituents is 2. The number of hydrogen-bond acceptors (Lipinski definition) is 3. The predicted octanol–water partition coefficient (Wildman–Crippen LogP) is 1.30. The molecule has 1 aliphatic rings. The summed E-state index contributed by atoms with van der Waals surface area (Å²) in [5.41, 5.74) is 8.01. The molecule has 0 spiro atoms. The molecule has 76 valence electrons. The Labute approximate surface area is 83.2 Å². The summed E-state index contributed by atoms with van der Waals surface area (Å²) in [6.45, 7) is 2.01. The predicted molar refractivity (Wildman–Crippen MR) is 54.4 cm³/mol. The van der Waals surface area contributed by atoms with Crippen LogP contribution < -0.4 is 5.73 Å². The van der Waals surface area contributed by atoms with Gasteiger partial charge in [0.15, 0.2) is 11.5 Å². The second-order valence-electron chi connectivity index (χ2n) is 4.44. The van der Waals surface area contributed by atoms with Gasteiger partial charge in [0.2, 0.25) is 0 Å². The van der Waals surface area contributed by atoms with Crippen molar-refractivity contribution in [3.8, 4) is 11.5 Å². The van der Waals surface area contributed by atoms with E-state index in [0.717, 1.165) is 30.4 Å². The first-order valence-corrected chi connectivity index (χ1v) is 4.80. The molecule has 1 aromatic carbocycles. The van der Waals surface area contributed by atoms with Crippen molar-refractivity contribution in [2.45, 2.75) is 31.7 Å². The van der Waals surface area contributed by atoms with Crippen LogP contribution in [0.25, 0.3) is 0 Å². The number of aryl methyl sites for hydroxylation is 1. The topological polar surface area (TPSA) is 66.5 Å². The number of nitrogens with two attached hydrogens (primary N) is 1. The van der Waals surface area contributed by atoms with Crippen LogP contribution in [0.4, 0.5) is 0 Å². The zero-order valence-corrected chi connectivity index (χ0v) is 8.25. The molecule has 0 saturated carbocycles. The lowest BCUT2D eigenvalue weighted by atomic mass is 9.80. The Balaban J connectivity index is 2.43. The molecule has 0 unspecified atom stereocenters. The fourth-order valence-corrected chi connectivity index (χ4v) is 2.00. The fraction of sp³-hybridized carbons (Fsp3) is 0.455. The molecule has 0 saturated heterocycles. The maximum Gasteiger partial charge on any atom is 0.157 e. The third-order valence-corrected chi connectivity index (χ3v) is 2.86. The third-order valence-electron chi connectivity index (χ3n) is 2.86. The summed E-state index contributed by atoms with van der Waals surface area (Å²) in [5.74, 6) is -0.0918. The van der Waals surface area contributed by atoms with E-state index in [1.165, 1.54) is 0 Å². The molecule has 1 aromatic rings. The van der Waals surface area contributed by atoms with Crippen molar-refractivity contribution in [2.24, 2.45) is 5.73 Å². The van der Waals surface area contributed by atoms with Gasteiger partial charge in [-0.15, -0.1) is 0 Å². The van der Waals surface area contributed by atoms with E-state index in [-0.39, 0.29) is 17.0 Å². The Kier molecular flexibility index (Phi) is 1.93. The van der Waals surface area contributed by atoms with Gasteiger partial charge in [0.1, 0.15) is 0 Å². The molecule has 3 nitrogen and oxygen atoms in total. The van der Waals surface area contributed by atoms with Crippen LogP contribution in [0, 0.1) is 0 Å². The first-order valence-electron chi connectivity index (χ1n) is 4.80. The molecular formula is C11H15NO2. The van der Waals surface area contributed by atoms with Crippen LogP contribution >= 0.6 is 0 Å². The molecule has 14 heavy (non-hydrogen) atoms. The van der Waals surface area contributed by atoms with Gasteiger partial charge in [-0.05, 0) is 49.4 Å². The quantitative estimate of drug-likeness (QED) is 0.544. The smallest absolute Gasteiger partial charge is 0.157 e. The van der Waals surface area contributed by atoms with Crippen LogP contribution in [0.15, 0.2) is 12.1 Å². The molecule has 0 aliphatic heterocycles. The van der Waals surface area contributed by atoms with Crippen LogP contribution in [0.1, 0.15) is 24.5 Å². The van der Waals surface area contributed by atoms with Crippen LogP contribution in [-0.4, -0.2) is 15.8 Å². The minimum Gasteiger partial charge on any atom is -0.504 e. The maximum absolute atomic E-state index is 9.35. The van der Waals surface area contributed by atoms with Gasteiger partial charge >= 0.3 is 0 Å². The molecule has 4 N–H and O–H groups in total. The zero-order valence-electron chi connectivity index (χ0n) is 8.25. The van der Waals surface area contributed by atoms with E-state index in [2.05, 4.69) is 0 Å². The van der Waals surface area contributed by atoms with E-state index in [1.54, 1.807) is 12.1 Å². The molecule has 0 fully saturated rings. The molecule has 0 aromatic heterocycles. The summed E-state index contributed by atoms with van der Waals surface area (Å²) in [5, 5.41) is 18.7. The molecule has 0 heterocycles. The lowest BCUT2D eigenvalue weighted by Crippen LogP contribution is -2.41. The zero-order chi connectivity index (χ0) is 10.3. The summed E-state index contributed by atoms with van der Waals surface area (Å²) in [7, 11) is 0. The van der Waals surface area contributed by atoms with Gasteiger partial charge < -0.3 is 15.9 Å². The van der Waals surface area contributed by atoms with E-state index in [1.807, 2.05) is 6.92 Å². The highest BCUT2D eigenvalue weighted by molar-refractivity contribution is 5.47. The number of rotatable bonds is 0. The van der Waals surface area contributed by atoms with Gasteiger partial charge in [0.05, 0.1) is 0 Å². The van der Waals surface area contributed by atoms with E-state index in [0.29, 0.717) is 0 Å². The summed E-state index contributed by atoms with van der Waals surface area (Å²) >= 11 is 0. The monoisotopic (exact) mass is 193 g/mol. The maximum atomic E-state index is 9.35. The van der Waals surface area contributed by atoms with Gasteiger partial charge in [0.25, 0.3) is 0 Å². The second kappa shape index (κ2) is 2.89. The van der Waals surface area contributed by atoms with Crippen molar-refractivity contribution in [1.29, 1.82) is 0 Å². The Morgan fingerprint density at radius 3 is 2.43 bits per heavy atom. The third kappa shape index (κ3) is 1.55. The molecule has 1 aliphatic carbocycles. The number of phenols is 2. The summed E-state index contributed by atoms with van der Waals surface area (Å²) < 4.78 is 0. The standard InChI is InChI=1S/C11H15NO2/c1-11(12)3-2-7-4-9(13)10(14)5-8(7)6-11/h4-5,13-14H,2-3,6,12H2,1H3/t11-/m0/s1. The average molecular weight is 193 g/mol. The number of aromatic hydroxyl groups is 2. The van der Waals surface area contributed by atoms with Crippen LogP contribution in [0.3, 0.4) is 0 Å². The highest BCUT2D eigenvalue weighted by Crippen LogP contribution is 2.34. The van der Waals surface area contributed by atoms with Crippen molar-refractivity contribution in [3.05, 3.63) is 23.3 Å². The first kappa shape index (κ1) is 9.34. The van der Waals surface area contributed by atoms with Crippen molar-refractivity contribution >= 4 is 0 Å². The highest BCUT2D eigenvalue weighted by Gasteiger charge is 2.26. The lowest BCUT2D eigenvalue weighted by Gasteiger charge is -2.31. The Morgan fingerprint density at radius 1 is 1.21 bits per heavy atom. The molecule has 0 bridgehead atoms. The highest BCUT2D eigenvalue weighted by atomic mass is 16.3. The van der Waals surface area contributed by atoms with Crippen molar-refractivity contribution < 1.29 is 10.2 Å². The van der Waals surface area contributed by atoms with E-state index >= 15 is 0 Å². The molecule has 0 radical (unpaired) electrons. The number of benzene rings is 1. The minimum atomic E-state index is -0.184. The van der Waals surface area contributed by atoms with Crippen LogP contribution in [-0.2, 0) is 12.8 Å². The van der Waals surface area contributed by atoms with Gasteiger partial charge in [-0.2, -0.15) is 0 Å². The molecular weight excluding hydrogens is 178 g/mol. The average Bonchev–Trinajstić information content (AvgIpc) is 2.07. The summed E-state index contributed by atoms with van der Waals surface area (Å²) in [4.78, 5) is 0. The van der Waals surface area contributed by atoms with Gasteiger partial charge in [-0.3, -0.25) is 0 Å². The SMILES string of the molecule is C[C@]1(N)CCc2cc(O)c(O)cc2C1. The van der Waals surface area contributed by atoms with Gasteiger partial charge in [-0.1, -0.05) is 0 Å². The normalized spacial score (nSPS) is 25.9. The molecule has 0 amide bonds. The fourth-order valence-electron chi connectivity index (χ4n) is 2.00. The largest absolute Gasteiger partial charge is 0.504 e. The Morgan fingerprint density at radius 2 is 1.79 bits per heavy atom. The van der Waals surface area contributed by atoms with Crippen molar-refractivity contribution in [1.82, 2.24) is 0 Å². The summed E-state index contributed by atoms with van der Waals surface area (Å²) in [6, 6.07) is 3.26. The molecule has 3 heteroatoms. The number of fused-ring (bicyclic) bond motifs is 1. The van der Waals surface area contributed by atoms with Gasteiger partial charge in [0, 0.05) is 5.54 Å². The second-order valence-corrected chi connectivity index (χ2v) is 4.44. The number of hydrogen-bond donors (Lipinski definition) is 3. The van der Waals surface area contributed by atoms with Crippen molar-refractivity contribution in [3.63, 3.8) is 0 Å². The first-order chi connectivity index (χ1) is 6.48. The van der Waals surface area contributed by atoms with Gasteiger partial charge in [-0.25, -0.2) is 0 Å². The van der Waals surface area contributed by atoms with Crippen molar-refractivity contribution in [2.75, 3.05) is 0 Å². The van der Waals surface area contributed by atoms with Crippen LogP contribution in [0.5, 0.6) is 11.5 Å². The van der Waals surface area contributed by atoms with E-state index in [4.69, 9.17) is 5.73 Å². The Hall–Kier alpha value is -1.22. The Bertz CT molecular complexity index is 372. The van der Waals surface area contributed by atoms with E-state index in [9.17, 15) is 10.2 Å². The lowest BCUT2D eigenvalue weighted by molar-refractivity contribution is 0.387. The summed E-state index contributed by atoms with van der Waals surface area (Å²) in [6.07, 6.45) is 2.55.